The summed E-state index contributed by atoms with van der Waals surface area (Å²) in [6.07, 6.45) is 0.140. The van der Waals surface area contributed by atoms with Gasteiger partial charge in [0.15, 0.2) is 0 Å². The summed E-state index contributed by atoms with van der Waals surface area (Å²) in [6, 6.07) is 22.5. The van der Waals surface area contributed by atoms with Crippen LogP contribution in [0.5, 0.6) is 0 Å². The lowest BCUT2D eigenvalue weighted by molar-refractivity contribution is -0.122. The second kappa shape index (κ2) is 9.69. The molecule has 3 amide bonds. The fourth-order valence-corrected chi connectivity index (χ4v) is 3.94. The van der Waals surface area contributed by atoms with Crippen LogP contribution in [0.2, 0.25) is 0 Å². The first kappa shape index (κ1) is 22.3. The summed E-state index contributed by atoms with van der Waals surface area (Å²) in [5.41, 5.74) is 4.83. The molecule has 0 spiro atoms. The minimum atomic E-state index is -0.485. The van der Waals surface area contributed by atoms with E-state index in [1.54, 1.807) is 29.2 Å². The molecule has 0 bridgehead atoms. The Morgan fingerprint density at radius 3 is 2.45 bits per heavy atom. The molecule has 1 atom stereocenters. The van der Waals surface area contributed by atoms with Gasteiger partial charge in [-0.2, -0.15) is 0 Å². The molecule has 6 nitrogen and oxygen atoms in total. The minimum Gasteiger partial charge on any atom is -0.348 e. The molecule has 6 heteroatoms. The number of para-hydroxylation sites is 1. The molecule has 0 aromatic heterocycles. The predicted octanol–water partition coefficient (Wildman–Crippen LogP) is 4.23. The molecule has 1 unspecified atom stereocenters. The van der Waals surface area contributed by atoms with E-state index in [4.69, 9.17) is 0 Å². The van der Waals surface area contributed by atoms with Crippen molar-refractivity contribution in [2.24, 2.45) is 5.92 Å². The van der Waals surface area contributed by atoms with Crippen LogP contribution in [0.1, 0.15) is 33.5 Å². The third-order valence-electron chi connectivity index (χ3n) is 5.81. The van der Waals surface area contributed by atoms with Crippen LogP contribution in [0.3, 0.4) is 0 Å². The summed E-state index contributed by atoms with van der Waals surface area (Å²) in [7, 11) is 0. The van der Waals surface area contributed by atoms with Gasteiger partial charge in [0.05, 0.1) is 17.2 Å². The minimum absolute atomic E-state index is 0.0788. The van der Waals surface area contributed by atoms with Crippen LogP contribution in [-0.2, 0) is 16.1 Å². The number of carbonyl (C=O) groups excluding carboxylic acids is 3. The number of nitrogens with one attached hydrogen (secondary N) is 2. The number of benzene rings is 3. The molecule has 1 saturated heterocycles. The van der Waals surface area contributed by atoms with E-state index in [0.29, 0.717) is 24.3 Å². The number of anilines is 2. The summed E-state index contributed by atoms with van der Waals surface area (Å²) in [6.45, 7) is 4.69. The van der Waals surface area contributed by atoms with Gasteiger partial charge in [0.25, 0.3) is 5.91 Å². The lowest BCUT2D eigenvalue weighted by Crippen LogP contribution is -2.29. The van der Waals surface area contributed by atoms with E-state index in [0.717, 1.165) is 22.4 Å². The maximum Gasteiger partial charge on any atom is 0.253 e. The standard InChI is InChI=1S/C27H27N3O3/c1-18-10-12-20(13-11-18)16-28-27(33)23-8-3-4-9-24(23)29-26(32)21-15-25(31)30(17-21)22-7-5-6-19(2)14-22/h3-14,21H,15-17H2,1-2H3,(H,28,33)(H,29,32). The Morgan fingerprint density at radius 2 is 1.70 bits per heavy atom. The zero-order valence-corrected chi connectivity index (χ0v) is 18.8. The van der Waals surface area contributed by atoms with Crippen molar-refractivity contribution in [1.29, 1.82) is 0 Å². The summed E-state index contributed by atoms with van der Waals surface area (Å²) < 4.78 is 0. The Balaban J connectivity index is 1.42. The van der Waals surface area contributed by atoms with Gasteiger partial charge in [0, 0.05) is 25.2 Å². The number of aryl methyl sites for hydroxylation is 2. The monoisotopic (exact) mass is 441 g/mol. The van der Waals surface area contributed by atoms with Crippen molar-refractivity contribution in [3.05, 3.63) is 95.1 Å². The van der Waals surface area contributed by atoms with E-state index < -0.39 is 5.92 Å². The molecule has 3 aromatic carbocycles. The van der Waals surface area contributed by atoms with Gasteiger partial charge in [0.2, 0.25) is 11.8 Å². The van der Waals surface area contributed by atoms with Crippen LogP contribution in [0.25, 0.3) is 0 Å². The predicted molar refractivity (Wildman–Crippen MR) is 129 cm³/mol. The van der Waals surface area contributed by atoms with E-state index in [1.165, 1.54) is 0 Å². The Kier molecular flexibility index (Phi) is 6.54. The maximum absolute atomic E-state index is 13.0. The van der Waals surface area contributed by atoms with Crippen molar-refractivity contribution in [1.82, 2.24) is 5.32 Å². The van der Waals surface area contributed by atoms with Crippen LogP contribution in [0.4, 0.5) is 11.4 Å². The molecule has 0 radical (unpaired) electrons. The highest BCUT2D eigenvalue weighted by atomic mass is 16.2. The van der Waals surface area contributed by atoms with E-state index in [2.05, 4.69) is 10.6 Å². The lowest BCUT2D eigenvalue weighted by atomic mass is 10.1. The smallest absolute Gasteiger partial charge is 0.253 e. The first-order chi connectivity index (χ1) is 15.9. The van der Waals surface area contributed by atoms with Gasteiger partial charge in [-0.15, -0.1) is 0 Å². The largest absolute Gasteiger partial charge is 0.348 e. The van der Waals surface area contributed by atoms with Crippen LogP contribution < -0.4 is 15.5 Å². The van der Waals surface area contributed by atoms with Crippen LogP contribution >= 0.6 is 0 Å². The number of carbonyl (C=O) groups is 3. The van der Waals surface area contributed by atoms with Gasteiger partial charge in [0.1, 0.15) is 0 Å². The molecule has 0 saturated carbocycles. The average Bonchev–Trinajstić information content (AvgIpc) is 3.21. The highest BCUT2D eigenvalue weighted by molar-refractivity contribution is 6.07. The quantitative estimate of drug-likeness (QED) is 0.601. The van der Waals surface area contributed by atoms with Crippen molar-refractivity contribution >= 4 is 29.1 Å². The lowest BCUT2D eigenvalue weighted by Gasteiger charge is -2.17. The molecule has 168 valence electrons. The molecular formula is C27H27N3O3. The van der Waals surface area contributed by atoms with Crippen LogP contribution in [-0.4, -0.2) is 24.3 Å². The summed E-state index contributed by atoms with van der Waals surface area (Å²) in [5, 5.41) is 5.77. The van der Waals surface area contributed by atoms with Gasteiger partial charge in [-0.25, -0.2) is 0 Å². The van der Waals surface area contributed by atoms with E-state index in [1.807, 2.05) is 62.4 Å². The SMILES string of the molecule is Cc1ccc(CNC(=O)c2ccccc2NC(=O)C2CC(=O)N(c3cccc(C)c3)C2)cc1. The molecule has 1 heterocycles. The highest BCUT2D eigenvalue weighted by Crippen LogP contribution is 2.27. The summed E-state index contributed by atoms with van der Waals surface area (Å²) in [5.74, 6) is -1.10. The fourth-order valence-electron chi connectivity index (χ4n) is 3.94. The van der Waals surface area contributed by atoms with E-state index in [-0.39, 0.29) is 24.1 Å². The Labute approximate surface area is 193 Å². The number of hydrogen-bond donors (Lipinski definition) is 2. The first-order valence-electron chi connectivity index (χ1n) is 11.0. The number of rotatable bonds is 6. The molecule has 0 aliphatic carbocycles. The second-order valence-corrected chi connectivity index (χ2v) is 8.45. The third-order valence-corrected chi connectivity index (χ3v) is 5.81. The second-order valence-electron chi connectivity index (χ2n) is 8.45. The van der Waals surface area contributed by atoms with Crippen LogP contribution in [0, 0.1) is 19.8 Å². The Bertz CT molecular complexity index is 1190. The van der Waals surface area contributed by atoms with Gasteiger partial charge in [-0.3, -0.25) is 14.4 Å². The zero-order chi connectivity index (χ0) is 23.4. The average molecular weight is 442 g/mol. The zero-order valence-electron chi connectivity index (χ0n) is 18.8. The van der Waals surface area contributed by atoms with Crippen molar-refractivity contribution in [3.8, 4) is 0 Å². The van der Waals surface area contributed by atoms with Crippen molar-refractivity contribution < 1.29 is 14.4 Å². The normalized spacial score (nSPS) is 15.4. The van der Waals surface area contributed by atoms with Crippen molar-refractivity contribution in [3.63, 3.8) is 0 Å². The molecule has 3 aromatic rings. The topological polar surface area (TPSA) is 78.5 Å². The molecule has 1 aliphatic rings. The molecule has 33 heavy (non-hydrogen) atoms. The number of hydrogen-bond acceptors (Lipinski definition) is 3. The van der Waals surface area contributed by atoms with Crippen molar-refractivity contribution in [2.75, 3.05) is 16.8 Å². The first-order valence-corrected chi connectivity index (χ1v) is 11.0. The van der Waals surface area contributed by atoms with E-state index in [9.17, 15) is 14.4 Å². The Morgan fingerprint density at radius 1 is 0.939 bits per heavy atom. The van der Waals surface area contributed by atoms with Gasteiger partial charge in [-0.05, 0) is 49.2 Å². The van der Waals surface area contributed by atoms with Crippen LogP contribution in [0.15, 0.2) is 72.8 Å². The third kappa shape index (κ3) is 5.29. The highest BCUT2D eigenvalue weighted by Gasteiger charge is 2.35. The molecule has 1 aliphatic heterocycles. The fraction of sp³-hybridized carbons (Fsp3) is 0.222. The molecule has 4 rings (SSSR count). The summed E-state index contributed by atoms with van der Waals surface area (Å²) >= 11 is 0. The Hall–Kier alpha value is -3.93. The molecule has 2 N–H and O–H groups in total. The maximum atomic E-state index is 13.0. The number of amides is 3. The van der Waals surface area contributed by atoms with Crippen molar-refractivity contribution in [2.45, 2.75) is 26.8 Å². The molecule has 1 fully saturated rings. The van der Waals surface area contributed by atoms with E-state index >= 15 is 0 Å². The van der Waals surface area contributed by atoms with Gasteiger partial charge in [-0.1, -0.05) is 54.1 Å². The number of nitrogens with zero attached hydrogens (tertiary/aromatic N) is 1. The molecular weight excluding hydrogens is 414 g/mol. The van der Waals surface area contributed by atoms with Gasteiger partial charge >= 0.3 is 0 Å². The summed E-state index contributed by atoms with van der Waals surface area (Å²) in [4.78, 5) is 40.0. The van der Waals surface area contributed by atoms with Gasteiger partial charge < -0.3 is 15.5 Å².